The number of aliphatic hydroxyl groups is 1. The highest BCUT2D eigenvalue weighted by Crippen LogP contribution is 2.61. The Kier molecular flexibility index (Phi) is 10.1. The third kappa shape index (κ3) is 6.66. The molecule has 13 heteroatoms. The van der Waals surface area contributed by atoms with Gasteiger partial charge >= 0.3 is 0 Å². The lowest BCUT2D eigenvalue weighted by atomic mass is 9.82. The molecule has 1 saturated heterocycles. The van der Waals surface area contributed by atoms with Crippen molar-refractivity contribution in [2.45, 2.75) is 62.7 Å². The van der Waals surface area contributed by atoms with Crippen LogP contribution in [0.3, 0.4) is 0 Å². The highest BCUT2D eigenvalue weighted by Gasteiger charge is 2.66. The zero-order valence-corrected chi connectivity index (χ0v) is 34.9. The molecule has 3 aliphatic rings. The summed E-state index contributed by atoms with van der Waals surface area (Å²) in [6, 6.07) is 37.4. The fraction of sp³-hybridized carbons (Fsp3) is 0.277. The minimum Gasteiger partial charge on any atom is -0.497 e. The average Bonchev–Trinajstić information content (AvgIpc) is 3.89. The molecule has 5 atom stereocenters. The van der Waals surface area contributed by atoms with Crippen LogP contribution in [0.2, 0.25) is 18.6 Å². The van der Waals surface area contributed by atoms with Gasteiger partial charge in [-0.05, 0) is 85.2 Å². The predicted molar refractivity (Wildman–Crippen MR) is 228 cm³/mol. The molecule has 60 heavy (non-hydrogen) atoms. The molecule has 1 spiro atoms. The SMILES string of the molecule is COc1ccc2c(c1)[C@@]1(O[C@H](CCn3cc(C(CO)c4ccccc4)nn3)[C@@H]([Si](C)(C)F)[C@@H]1C)C(=O)N2Cc1ccc(N2C(=O)c3ccccc3Oc3ccccc32)cc1. The van der Waals surface area contributed by atoms with Gasteiger partial charge in [0, 0.05) is 35.5 Å². The van der Waals surface area contributed by atoms with Crippen LogP contribution in [-0.4, -0.2) is 60.1 Å². The minimum absolute atomic E-state index is 0.124. The van der Waals surface area contributed by atoms with Gasteiger partial charge < -0.3 is 28.3 Å². The van der Waals surface area contributed by atoms with Crippen molar-refractivity contribution in [3.63, 3.8) is 0 Å². The van der Waals surface area contributed by atoms with E-state index in [9.17, 15) is 9.90 Å². The lowest BCUT2D eigenvalue weighted by Crippen LogP contribution is -2.45. The standard InChI is InChI=1S/C47H46FN5O6Si/c1-30-44(60(3,4)48)43(24-25-51-28-38(49-50-51)36(29-54)32-12-6-5-7-13-32)59-47(30)37-26-34(57-2)22-23-39(37)52(46(47)56)27-31-18-20-33(21-19-31)53-40-15-9-11-17-42(40)58-41-16-10-8-14-35(41)45(53)55/h5-23,26,28,30,36,43-44,54H,24-25,27,29H2,1-4H3/t30-,36?,43+,44-,47+/m0/s1. The molecule has 1 unspecified atom stereocenters. The first-order valence-corrected chi connectivity index (χ1v) is 23.2. The number of nitrogens with zero attached hydrogens (tertiary/aromatic N) is 5. The van der Waals surface area contributed by atoms with Crippen LogP contribution in [0, 0.1) is 5.92 Å². The second-order valence-electron chi connectivity index (χ2n) is 16.3. The molecular weight excluding hydrogens is 778 g/mol. The van der Waals surface area contributed by atoms with E-state index in [1.54, 1.807) is 46.8 Å². The fourth-order valence-corrected chi connectivity index (χ4v) is 12.0. The summed E-state index contributed by atoms with van der Waals surface area (Å²) in [7, 11) is -1.86. The van der Waals surface area contributed by atoms with E-state index in [1.165, 1.54) is 0 Å². The number of aryl methyl sites for hydroxylation is 1. The Balaban J connectivity index is 1.00. The van der Waals surface area contributed by atoms with Gasteiger partial charge in [0.2, 0.25) is 8.41 Å². The van der Waals surface area contributed by atoms with Gasteiger partial charge in [0.1, 0.15) is 11.5 Å². The normalized spacial score (nSPS) is 21.3. The highest BCUT2D eigenvalue weighted by molar-refractivity contribution is 6.72. The Morgan fingerprint density at radius 3 is 2.35 bits per heavy atom. The number of hydrogen-bond acceptors (Lipinski definition) is 8. The Labute approximate surface area is 349 Å². The largest absolute Gasteiger partial charge is 0.497 e. The van der Waals surface area contributed by atoms with E-state index in [1.807, 2.05) is 122 Å². The zero-order chi connectivity index (χ0) is 41.8. The molecule has 3 aliphatic heterocycles. The lowest BCUT2D eigenvalue weighted by molar-refractivity contribution is -0.146. The maximum atomic E-state index is 16.6. The first kappa shape index (κ1) is 39.3. The summed E-state index contributed by atoms with van der Waals surface area (Å²) >= 11 is 0. The van der Waals surface area contributed by atoms with Crippen LogP contribution < -0.4 is 19.3 Å². The molecule has 5 aromatic carbocycles. The van der Waals surface area contributed by atoms with E-state index < -0.39 is 31.6 Å². The summed E-state index contributed by atoms with van der Waals surface area (Å²) in [4.78, 5) is 32.5. The van der Waals surface area contributed by atoms with Gasteiger partial charge in [-0.2, -0.15) is 0 Å². The van der Waals surface area contributed by atoms with Gasteiger partial charge in [0.05, 0.1) is 54.9 Å². The molecule has 4 heterocycles. The van der Waals surface area contributed by atoms with Gasteiger partial charge in [-0.1, -0.05) is 78.9 Å². The first-order valence-electron chi connectivity index (χ1n) is 20.2. The summed E-state index contributed by atoms with van der Waals surface area (Å²) in [6.07, 6.45) is 1.63. The minimum atomic E-state index is -3.44. The van der Waals surface area contributed by atoms with Crippen molar-refractivity contribution < 1.29 is 33.0 Å². The fourth-order valence-electron chi connectivity index (χ4n) is 9.48. The van der Waals surface area contributed by atoms with Crippen LogP contribution in [0.15, 0.2) is 128 Å². The Morgan fingerprint density at radius 1 is 0.900 bits per heavy atom. The van der Waals surface area contributed by atoms with Gasteiger partial charge in [-0.3, -0.25) is 19.2 Å². The third-order valence-corrected chi connectivity index (χ3v) is 14.7. The number of rotatable bonds is 11. The van der Waals surface area contributed by atoms with Crippen molar-refractivity contribution >= 4 is 37.3 Å². The summed E-state index contributed by atoms with van der Waals surface area (Å²) < 4.78 is 37.2. The molecule has 9 rings (SSSR count). The van der Waals surface area contributed by atoms with E-state index >= 15 is 8.90 Å². The Morgan fingerprint density at radius 2 is 1.62 bits per heavy atom. The number of aromatic nitrogens is 3. The van der Waals surface area contributed by atoms with Gasteiger partial charge in [-0.15, -0.1) is 5.10 Å². The maximum Gasteiger partial charge on any atom is 0.266 e. The second-order valence-corrected chi connectivity index (χ2v) is 20.1. The van der Waals surface area contributed by atoms with Crippen LogP contribution in [0.4, 0.5) is 21.2 Å². The smallest absolute Gasteiger partial charge is 0.266 e. The van der Waals surface area contributed by atoms with E-state index in [-0.39, 0.29) is 30.9 Å². The molecule has 0 saturated carbocycles. The van der Waals surface area contributed by atoms with Crippen molar-refractivity contribution in [1.29, 1.82) is 0 Å². The van der Waals surface area contributed by atoms with Crippen LogP contribution in [0.25, 0.3) is 0 Å². The number of benzene rings is 5. The summed E-state index contributed by atoms with van der Waals surface area (Å²) in [5, 5.41) is 19.0. The Bertz CT molecular complexity index is 2560. The van der Waals surface area contributed by atoms with Crippen molar-refractivity contribution in [3.05, 3.63) is 155 Å². The molecule has 0 aliphatic carbocycles. The quantitative estimate of drug-likeness (QED) is 0.102. The molecule has 1 aromatic heterocycles. The predicted octanol–water partition coefficient (Wildman–Crippen LogP) is 8.91. The molecular formula is C47H46FN5O6Si. The molecule has 0 bridgehead atoms. The number of aliphatic hydroxyl groups excluding tert-OH is 1. The van der Waals surface area contributed by atoms with Crippen LogP contribution >= 0.6 is 0 Å². The molecule has 0 radical (unpaired) electrons. The van der Waals surface area contributed by atoms with Crippen molar-refractivity contribution in [2.75, 3.05) is 23.5 Å². The van der Waals surface area contributed by atoms with E-state index in [4.69, 9.17) is 14.2 Å². The van der Waals surface area contributed by atoms with Crippen LogP contribution in [0.1, 0.15) is 52.0 Å². The molecule has 6 aromatic rings. The average molecular weight is 824 g/mol. The monoisotopic (exact) mass is 823 g/mol. The summed E-state index contributed by atoms with van der Waals surface area (Å²) in [5.41, 5.74) is 3.48. The number of amides is 2. The highest BCUT2D eigenvalue weighted by atomic mass is 28.4. The van der Waals surface area contributed by atoms with Crippen molar-refractivity contribution in [2.24, 2.45) is 5.92 Å². The second kappa shape index (κ2) is 15.5. The number of halogens is 1. The van der Waals surface area contributed by atoms with E-state index in [0.717, 1.165) is 11.1 Å². The number of para-hydroxylation sites is 3. The molecule has 11 nitrogen and oxygen atoms in total. The number of fused-ring (bicyclic) bond motifs is 4. The Hall–Kier alpha value is -6.15. The third-order valence-electron chi connectivity index (χ3n) is 12.3. The lowest BCUT2D eigenvalue weighted by Gasteiger charge is -2.31. The van der Waals surface area contributed by atoms with Crippen LogP contribution in [-0.2, 0) is 28.2 Å². The van der Waals surface area contributed by atoms with Gasteiger partial charge in [0.15, 0.2) is 11.4 Å². The van der Waals surface area contributed by atoms with E-state index in [2.05, 4.69) is 10.3 Å². The number of carbonyl (C=O) groups excluding carboxylic acids is 2. The molecule has 1 fully saturated rings. The number of anilines is 3. The summed E-state index contributed by atoms with van der Waals surface area (Å²) in [6.45, 7) is 5.79. The number of methoxy groups -OCH3 is 1. The van der Waals surface area contributed by atoms with Gasteiger partial charge in [0.25, 0.3) is 11.8 Å². The molecule has 306 valence electrons. The number of hydrogen-bond donors (Lipinski definition) is 1. The van der Waals surface area contributed by atoms with E-state index in [0.29, 0.717) is 64.1 Å². The van der Waals surface area contributed by atoms with Gasteiger partial charge in [-0.25, -0.2) is 0 Å². The maximum absolute atomic E-state index is 16.6. The van der Waals surface area contributed by atoms with Crippen molar-refractivity contribution in [3.8, 4) is 17.2 Å². The number of ether oxygens (including phenoxy) is 3. The first-order chi connectivity index (χ1) is 29.0. The van der Waals surface area contributed by atoms with Crippen molar-refractivity contribution in [1.82, 2.24) is 15.0 Å². The molecule has 2 amide bonds. The topological polar surface area (TPSA) is 119 Å². The number of carbonyl (C=O) groups is 2. The molecule has 1 N–H and O–H groups in total. The summed E-state index contributed by atoms with van der Waals surface area (Å²) in [5.74, 6) is 0.314. The van der Waals surface area contributed by atoms with Crippen LogP contribution in [0.5, 0.6) is 17.2 Å². The zero-order valence-electron chi connectivity index (χ0n) is 33.9.